The lowest BCUT2D eigenvalue weighted by Gasteiger charge is -2.03. The van der Waals surface area contributed by atoms with E-state index in [0.29, 0.717) is 0 Å². The van der Waals surface area contributed by atoms with Crippen LogP contribution in [0.3, 0.4) is 0 Å². The molecule has 0 amide bonds. The second kappa shape index (κ2) is 6.35. The molecule has 0 bridgehead atoms. The zero-order chi connectivity index (χ0) is 10.4. The SMILES string of the molecule is CCSCCSc1nnc(C)n1CC. The largest absolute Gasteiger partial charge is 0.307 e. The summed E-state index contributed by atoms with van der Waals surface area (Å²) in [7, 11) is 0. The molecule has 0 saturated carbocycles. The van der Waals surface area contributed by atoms with Gasteiger partial charge in [-0.05, 0) is 19.6 Å². The number of thioether (sulfide) groups is 2. The van der Waals surface area contributed by atoms with Crippen LogP contribution in [0.15, 0.2) is 5.16 Å². The molecule has 0 aliphatic rings. The van der Waals surface area contributed by atoms with Gasteiger partial charge in [0.2, 0.25) is 0 Å². The summed E-state index contributed by atoms with van der Waals surface area (Å²) < 4.78 is 2.15. The Morgan fingerprint density at radius 2 is 2.00 bits per heavy atom. The van der Waals surface area contributed by atoms with Gasteiger partial charge < -0.3 is 4.57 Å². The van der Waals surface area contributed by atoms with Crippen molar-refractivity contribution >= 4 is 23.5 Å². The van der Waals surface area contributed by atoms with Gasteiger partial charge in [0.1, 0.15) is 5.82 Å². The van der Waals surface area contributed by atoms with E-state index < -0.39 is 0 Å². The van der Waals surface area contributed by atoms with Crippen LogP contribution in [-0.2, 0) is 6.54 Å². The van der Waals surface area contributed by atoms with Crippen molar-refractivity contribution in [3.8, 4) is 0 Å². The minimum Gasteiger partial charge on any atom is -0.307 e. The first-order valence-electron chi connectivity index (χ1n) is 4.90. The number of rotatable bonds is 6. The number of hydrogen-bond acceptors (Lipinski definition) is 4. The van der Waals surface area contributed by atoms with Gasteiger partial charge in [0.15, 0.2) is 5.16 Å². The van der Waals surface area contributed by atoms with Crippen molar-refractivity contribution in [2.24, 2.45) is 0 Å². The highest BCUT2D eigenvalue weighted by atomic mass is 32.2. The van der Waals surface area contributed by atoms with Crippen LogP contribution in [0.2, 0.25) is 0 Å². The van der Waals surface area contributed by atoms with E-state index in [9.17, 15) is 0 Å². The van der Waals surface area contributed by atoms with E-state index in [0.717, 1.165) is 23.3 Å². The molecule has 0 aliphatic heterocycles. The predicted octanol–water partition coefficient (Wildman–Crippen LogP) is 2.45. The molecule has 0 aliphatic carbocycles. The van der Waals surface area contributed by atoms with E-state index >= 15 is 0 Å². The van der Waals surface area contributed by atoms with Gasteiger partial charge in [-0.3, -0.25) is 0 Å². The Labute approximate surface area is 94.1 Å². The standard InChI is InChI=1S/C9H17N3S2/c1-4-12-8(3)10-11-9(12)14-7-6-13-5-2/h4-7H2,1-3H3. The number of nitrogens with zero attached hydrogens (tertiary/aromatic N) is 3. The van der Waals surface area contributed by atoms with E-state index in [1.54, 1.807) is 11.8 Å². The minimum atomic E-state index is 0.960. The first-order chi connectivity index (χ1) is 6.79. The van der Waals surface area contributed by atoms with Crippen LogP contribution in [0.1, 0.15) is 19.7 Å². The topological polar surface area (TPSA) is 30.7 Å². The van der Waals surface area contributed by atoms with Crippen LogP contribution in [0.4, 0.5) is 0 Å². The molecule has 0 atom stereocenters. The molecule has 0 radical (unpaired) electrons. The molecule has 0 fully saturated rings. The van der Waals surface area contributed by atoms with Crippen LogP contribution in [0, 0.1) is 6.92 Å². The zero-order valence-electron chi connectivity index (χ0n) is 8.99. The molecule has 0 unspecified atom stereocenters. The van der Waals surface area contributed by atoms with Gasteiger partial charge in [0, 0.05) is 18.1 Å². The lowest BCUT2D eigenvalue weighted by molar-refractivity contribution is 0.662. The molecule has 3 nitrogen and oxygen atoms in total. The van der Waals surface area contributed by atoms with Gasteiger partial charge in [-0.15, -0.1) is 10.2 Å². The van der Waals surface area contributed by atoms with Gasteiger partial charge in [0.05, 0.1) is 0 Å². The van der Waals surface area contributed by atoms with Gasteiger partial charge in [0.25, 0.3) is 0 Å². The van der Waals surface area contributed by atoms with Crippen LogP contribution in [0.5, 0.6) is 0 Å². The van der Waals surface area contributed by atoms with Crippen molar-refractivity contribution in [2.75, 3.05) is 17.3 Å². The number of aryl methyl sites for hydroxylation is 1. The van der Waals surface area contributed by atoms with E-state index in [4.69, 9.17) is 0 Å². The van der Waals surface area contributed by atoms with Crippen LogP contribution >= 0.6 is 23.5 Å². The summed E-state index contributed by atoms with van der Waals surface area (Å²) in [5.41, 5.74) is 0. The van der Waals surface area contributed by atoms with Crippen molar-refractivity contribution in [3.63, 3.8) is 0 Å². The first-order valence-corrected chi connectivity index (χ1v) is 7.04. The highest BCUT2D eigenvalue weighted by Gasteiger charge is 2.06. The van der Waals surface area contributed by atoms with Crippen molar-refractivity contribution in [1.29, 1.82) is 0 Å². The first kappa shape index (κ1) is 11.9. The number of hydrogen-bond donors (Lipinski definition) is 0. The molecule has 1 aromatic heterocycles. The second-order valence-electron chi connectivity index (χ2n) is 2.82. The monoisotopic (exact) mass is 231 g/mol. The molecule has 1 rings (SSSR count). The van der Waals surface area contributed by atoms with E-state index in [1.807, 2.05) is 18.7 Å². The molecule has 1 heterocycles. The van der Waals surface area contributed by atoms with Crippen molar-refractivity contribution in [1.82, 2.24) is 14.8 Å². The molecule has 5 heteroatoms. The molecule has 0 spiro atoms. The summed E-state index contributed by atoms with van der Waals surface area (Å²) in [5.74, 6) is 4.52. The third-order valence-corrected chi connectivity index (χ3v) is 4.01. The summed E-state index contributed by atoms with van der Waals surface area (Å²) in [5, 5.41) is 9.28. The molecule has 0 saturated heterocycles. The smallest absolute Gasteiger partial charge is 0.191 e. The Balaban J connectivity index is 2.42. The summed E-state index contributed by atoms with van der Waals surface area (Å²) >= 11 is 3.77. The molecule has 1 aromatic rings. The Bertz CT molecular complexity index is 273. The maximum Gasteiger partial charge on any atom is 0.191 e. The van der Waals surface area contributed by atoms with Crippen LogP contribution in [-0.4, -0.2) is 32.0 Å². The average molecular weight is 231 g/mol. The van der Waals surface area contributed by atoms with Gasteiger partial charge in [-0.25, -0.2) is 0 Å². The zero-order valence-corrected chi connectivity index (χ0v) is 10.6. The van der Waals surface area contributed by atoms with Crippen molar-refractivity contribution in [3.05, 3.63) is 5.82 Å². The quantitative estimate of drug-likeness (QED) is 0.556. The van der Waals surface area contributed by atoms with Gasteiger partial charge >= 0.3 is 0 Å². The Morgan fingerprint density at radius 3 is 2.64 bits per heavy atom. The third-order valence-electron chi connectivity index (χ3n) is 1.88. The number of aromatic nitrogens is 3. The summed E-state index contributed by atoms with van der Waals surface area (Å²) in [6.07, 6.45) is 0. The highest BCUT2D eigenvalue weighted by Crippen LogP contribution is 2.17. The molecular weight excluding hydrogens is 214 g/mol. The molecule has 80 valence electrons. The van der Waals surface area contributed by atoms with Crippen molar-refractivity contribution < 1.29 is 0 Å². The van der Waals surface area contributed by atoms with E-state index in [2.05, 4.69) is 28.6 Å². The lowest BCUT2D eigenvalue weighted by atomic mass is 10.6. The van der Waals surface area contributed by atoms with Crippen LogP contribution < -0.4 is 0 Å². The summed E-state index contributed by atoms with van der Waals surface area (Å²) in [4.78, 5) is 0. The van der Waals surface area contributed by atoms with Crippen LogP contribution in [0.25, 0.3) is 0 Å². The average Bonchev–Trinajstić information content (AvgIpc) is 2.54. The normalized spacial score (nSPS) is 10.8. The van der Waals surface area contributed by atoms with Gasteiger partial charge in [-0.1, -0.05) is 18.7 Å². The van der Waals surface area contributed by atoms with E-state index in [1.165, 1.54) is 11.5 Å². The lowest BCUT2D eigenvalue weighted by Crippen LogP contribution is -1.99. The molecular formula is C9H17N3S2. The fourth-order valence-electron chi connectivity index (χ4n) is 1.17. The molecule has 14 heavy (non-hydrogen) atoms. The fourth-order valence-corrected chi connectivity index (χ4v) is 2.96. The maximum absolute atomic E-state index is 4.15. The molecule has 0 aromatic carbocycles. The highest BCUT2D eigenvalue weighted by molar-refractivity contribution is 8.02. The Kier molecular flexibility index (Phi) is 5.40. The third kappa shape index (κ3) is 3.20. The second-order valence-corrected chi connectivity index (χ2v) is 5.28. The summed E-state index contributed by atoms with van der Waals surface area (Å²) in [6.45, 7) is 7.28. The predicted molar refractivity (Wildman–Crippen MR) is 64.2 cm³/mol. The minimum absolute atomic E-state index is 0.960. The Morgan fingerprint density at radius 1 is 1.21 bits per heavy atom. The molecule has 0 N–H and O–H groups in total. The summed E-state index contributed by atoms with van der Waals surface area (Å²) in [6, 6.07) is 0. The fraction of sp³-hybridized carbons (Fsp3) is 0.778. The van der Waals surface area contributed by atoms with E-state index in [-0.39, 0.29) is 0 Å². The Hall–Kier alpha value is -0.160. The van der Waals surface area contributed by atoms with Crippen molar-refractivity contribution in [2.45, 2.75) is 32.5 Å². The van der Waals surface area contributed by atoms with Gasteiger partial charge in [-0.2, -0.15) is 11.8 Å². The maximum atomic E-state index is 4.15.